The molecule has 162 valence electrons. The van der Waals surface area contributed by atoms with Gasteiger partial charge >= 0.3 is 6.09 Å². The Balaban J connectivity index is 1.91. The van der Waals surface area contributed by atoms with Crippen LogP contribution in [0.4, 0.5) is 4.79 Å². The van der Waals surface area contributed by atoms with E-state index in [1.165, 1.54) is 0 Å². The Bertz CT molecular complexity index is 645. The summed E-state index contributed by atoms with van der Waals surface area (Å²) in [4.78, 5) is 20.6. The van der Waals surface area contributed by atoms with Crippen LogP contribution in [0.3, 0.4) is 0 Å². The number of ether oxygens (including phenoxy) is 3. The summed E-state index contributed by atoms with van der Waals surface area (Å²) in [6.45, 7) is 9.69. The van der Waals surface area contributed by atoms with Gasteiger partial charge in [0.1, 0.15) is 5.75 Å². The Kier molecular flexibility index (Phi) is 10.1. The Labute approximate surface area is 173 Å². The van der Waals surface area contributed by atoms with Gasteiger partial charge in [0.2, 0.25) is 0 Å². The number of piperazine rings is 1. The van der Waals surface area contributed by atoms with Gasteiger partial charge in [-0.2, -0.15) is 0 Å². The van der Waals surface area contributed by atoms with Crippen LogP contribution in [-0.4, -0.2) is 81.5 Å². The van der Waals surface area contributed by atoms with Gasteiger partial charge in [-0.1, -0.05) is 12.1 Å². The van der Waals surface area contributed by atoms with E-state index in [0.29, 0.717) is 39.5 Å². The number of hydrogen-bond acceptors (Lipinski definition) is 5. The monoisotopic (exact) mass is 406 g/mol. The first-order valence-corrected chi connectivity index (χ1v) is 10.3. The number of benzene rings is 1. The second-order valence-electron chi connectivity index (χ2n) is 6.69. The summed E-state index contributed by atoms with van der Waals surface area (Å²) in [7, 11) is 1.69. The average molecular weight is 407 g/mol. The van der Waals surface area contributed by atoms with E-state index in [9.17, 15) is 4.79 Å². The first-order chi connectivity index (χ1) is 14.2. The third-order valence-electron chi connectivity index (χ3n) is 4.51. The highest BCUT2D eigenvalue weighted by atomic mass is 16.6. The van der Waals surface area contributed by atoms with Gasteiger partial charge in [0.15, 0.2) is 5.96 Å². The highest BCUT2D eigenvalue weighted by Crippen LogP contribution is 2.15. The molecule has 0 spiro atoms. The van der Waals surface area contributed by atoms with Gasteiger partial charge in [-0.15, -0.1) is 0 Å². The van der Waals surface area contributed by atoms with E-state index >= 15 is 0 Å². The van der Waals surface area contributed by atoms with E-state index in [1.54, 1.807) is 12.0 Å². The maximum Gasteiger partial charge on any atom is 0.409 e. The molecule has 29 heavy (non-hydrogen) atoms. The molecule has 1 heterocycles. The molecule has 1 saturated heterocycles. The predicted octanol–water partition coefficient (Wildman–Crippen LogP) is 2.34. The second kappa shape index (κ2) is 12.9. The summed E-state index contributed by atoms with van der Waals surface area (Å²) in [6, 6.07) is 8.02. The molecule has 1 N–H and O–H groups in total. The zero-order valence-electron chi connectivity index (χ0n) is 17.9. The van der Waals surface area contributed by atoms with Gasteiger partial charge in [0.25, 0.3) is 0 Å². The standard InChI is InChI=1S/C21H34N4O4/c1-4-22-20(24-10-12-25(13-11-24)21(26)28-5-2)23-17-18-8-6-9-19(16-18)29-15-7-14-27-3/h6,8-9,16H,4-5,7,10-15,17H2,1-3H3,(H,22,23). The van der Waals surface area contributed by atoms with Crippen LogP contribution in [-0.2, 0) is 16.0 Å². The van der Waals surface area contributed by atoms with Crippen LogP contribution in [0.1, 0.15) is 25.8 Å². The molecular formula is C21H34N4O4. The van der Waals surface area contributed by atoms with E-state index in [2.05, 4.69) is 17.1 Å². The Hall–Kier alpha value is -2.48. The summed E-state index contributed by atoms with van der Waals surface area (Å²) in [5.74, 6) is 1.71. The van der Waals surface area contributed by atoms with Crippen molar-refractivity contribution in [3.8, 4) is 5.75 Å². The molecule has 0 atom stereocenters. The molecule has 8 heteroatoms. The highest BCUT2D eigenvalue weighted by molar-refractivity contribution is 5.80. The number of hydrogen-bond donors (Lipinski definition) is 1. The van der Waals surface area contributed by atoms with Crippen molar-refractivity contribution in [1.29, 1.82) is 0 Å². The third-order valence-corrected chi connectivity index (χ3v) is 4.51. The first-order valence-electron chi connectivity index (χ1n) is 10.3. The van der Waals surface area contributed by atoms with E-state index < -0.39 is 0 Å². The van der Waals surface area contributed by atoms with E-state index in [0.717, 1.165) is 43.3 Å². The van der Waals surface area contributed by atoms with Gasteiger partial charge in [-0.3, -0.25) is 0 Å². The largest absolute Gasteiger partial charge is 0.493 e. The molecule has 0 aliphatic carbocycles. The molecule has 0 bridgehead atoms. The van der Waals surface area contributed by atoms with Crippen molar-refractivity contribution in [1.82, 2.24) is 15.1 Å². The molecule has 0 saturated carbocycles. The lowest BCUT2D eigenvalue weighted by atomic mass is 10.2. The maximum absolute atomic E-state index is 11.9. The number of carbonyl (C=O) groups is 1. The molecule has 0 radical (unpaired) electrons. The lowest BCUT2D eigenvalue weighted by Crippen LogP contribution is -2.53. The minimum Gasteiger partial charge on any atom is -0.493 e. The fourth-order valence-electron chi connectivity index (χ4n) is 3.03. The molecule has 2 rings (SSSR count). The quantitative estimate of drug-likeness (QED) is 0.385. The van der Waals surface area contributed by atoms with Crippen LogP contribution in [0.2, 0.25) is 0 Å². The van der Waals surface area contributed by atoms with Crippen LogP contribution in [0.15, 0.2) is 29.3 Å². The van der Waals surface area contributed by atoms with Gasteiger partial charge < -0.3 is 29.3 Å². The fraction of sp³-hybridized carbons (Fsp3) is 0.619. The smallest absolute Gasteiger partial charge is 0.409 e. The fourth-order valence-corrected chi connectivity index (χ4v) is 3.03. The minimum atomic E-state index is -0.239. The molecule has 1 aromatic carbocycles. The van der Waals surface area contributed by atoms with Crippen LogP contribution in [0.25, 0.3) is 0 Å². The lowest BCUT2D eigenvalue weighted by Gasteiger charge is -2.35. The average Bonchev–Trinajstić information content (AvgIpc) is 2.75. The molecule has 1 aliphatic heterocycles. The van der Waals surface area contributed by atoms with Crippen LogP contribution >= 0.6 is 0 Å². The van der Waals surface area contributed by atoms with E-state index in [-0.39, 0.29) is 6.09 Å². The summed E-state index contributed by atoms with van der Waals surface area (Å²) in [6.07, 6.45) is 0.623. The molecule has 0 unspecified atom stereocenters. The number of aliphatic imine (C=N–C) groups is 1. The zero-order valence-corrected chi connectivity index (χ0v) is 17.9. The SMILES string of the molecule is CCNC(=NCc1cccc(OCCCOC)c1)N1CCN(C(=O)OCC)CC1. The number of nitrogens with one attached hydrogen (secondary N) is 1. The summed E-state index contributed by atoms with van der Waals surface area (Å²) in [5.41, 5.74) is 1.09. The highest BCUT2D eigenvalue weighted by Gasteiger charge is 2.23. The maximum atomic E-state index is 11.9. The van der Waals surface area contributed by atoms with Crippen LogP contribution in [0, 0.1) is 0 Å². The Morgan fingerprint density at radius 2 is 1.90 bits per heavy atom. The zero-order chi connectivity index (χ0) is 20.9. The molecule has 0 aromatic heterocycles. The number of amides is 1. The van der Waals surface area contributed by atoms with Crippen LogP contribution < -0.4 is 10.1 Å². The van der Waals surface area contributed by atoms with E-state index in [1.807, 2.05) is 31.2 Å². The van der Waals surface area contributed by atoms with Crippen molar-refractivity contribution in [2.45, 2.75) is 26.8 Å². The van der Waals surface area contributed by atoms with Crippen molar-refractivity contribution < 1.29 is 19.0 Å². The van der Waals surface area contributed by atoms with Gasteiger partial charge in [0, 0.05) is 52.9 Å². The van der Waals surface area contributed by atoms with Gasteiger partial charge in [-0.05, 0) is 31.5 Å². The number of methoxy groups -OCH3 is 1. The summed E-state index contributed by atoms with van der Waals surface area (Å²) in [5, 5.41) is 3.35. The molecule has 1 aliphatic rings. The van der Waals surface area contributed by atoms with Gasteiger partial charge in [-0.25, -0.2) is 9.79 Å². The minimum absolute atomic E-state index is 0.239. The Morgan fingerprint density at radius 3 is 2.59 bits per heavy atom. The van der Waals surface area contributed by atoms with Crippen LogP contribution in [0.5, 0.6) is 5.75 Å². The predicted molar refractivity (Wildman–Crippen MR) is 113 cm³/mol. The van der Waals surface area contributed by atoms with E-state index in [4.69, 9.17) is 19.2 Å². The molecule has 1 aromatic rings. The van der Waals surface area contributed by atoms with Gasteiger partial charge in [0.05, 0.1) is 19.8 Å². The van der Waals surface area contributed by atoms with Crippen molar-refractivity contribution in [3.05, 3.63) is 29.8 Å². The summed E-state index contributed by atoms with van der Waals surface area (Å²) < 4.78 is 15.9. The lowest BCUT2D eigenvalue weighted by molar-refractivity contribution is 0.0914. The van der Waals surface area contributed by atoms with Crippen molar-refractivity contribution in [2.75, 3.05) is 59.7 Å². The Morgan fingerprint density at radius 1 is 1.14 bits per heavy atom. The molecular weight excluding hydrogens is 372 g/mol. The number of guanidine groups is 1. The number of nitrogens with zero attached hydrogens (tertiary/aromatic N) is 3. The van der Waals surface area contributed by atoms with Crippen molar-refractivity contribution in [3.63, 3.8) is 0 Å². The normalized spacial score (nSPS) is 14.7. The molecule has 1 fully saturated rings. The third kappa shape index (κ3) is 7.81. The first kappa shape index (κ1) is 22.8. The topological polar surface area (TPSA) is 75.6 Å². The molecule has 1 amide bonds. The van der Waals surface area contributed by atoms with Crippen molar-refractivity contribution in [2.24, 2.45) is 4.99 Å². The molecule has 8 nitrogen and oxygen atoms in total. The second-order valence-corrected chi connectivity index (χ2v) is 6.69. The number of carbonyl (C=O) groups excluding carboxylic acids is 1. The van der Waals surface area contributed by atoms with Crippen molar-refractivity contribution >= 4 is 12.1 Å². The summed E-state index contributed by atoms with van der Waals surface area (Å²) >= 11 is 0. The number of rotatable bonds is 9.